The van der Waals surface area contributed by atoms with Gasteiger partial charge in [0.25, 0.3) is 0 Å². The number of rotatable bonds is 9. The van der Waals surface area contributed by atoms with E-state index in [1.54, 1.807) is 0 Å². The van der Waals surface area contributed by atoms with E-state index in [0.717, 1.165) is 24.0 Å². The van der Waals surface area contributed by atoms with Gasteiger partial charge < -0.3 is 5.73 Å². The zero-order valence-electron chi connectivity index (χ0n) is 11.6. The molecule has 0 aliphatic rings. The molecule has 0 aromatic carbocycles. The predicted octanol–water partition coefficient (Wildman–Crippen LogP) is 2.90. The summed E-state index contributed by atoms with van der Waals surface area (Å²) in [6.45, 7) is 17.0. The summed E-state index contributed by atoms with van der Waals surface area (Å²) in [5, 5.41) is 0. The van der Waals surface area contributed by atoms with Crippen molar-refractivity contribution in [3.8, 4) is 0 Å². The van der Waals surface area contributed by atoms with E-state index in [1.807, 2.05) is 0 Å². The standard InChI is InChI=1S/C14H30N2/c1-12(2)6-8-16(9-7-13(3)4)11-14(5)10-15/h12-13H,5-11,15H2,1-4H3. The van der Waals surface area contributed by atoms with Crippen molar-refractivity contribution in [3.05, 3.63) is 12.2 Å². The van der Waals surface area contributed by atoms with Crippen molar-refractivity contribution < 1.29 is 0 Å². The number of hydrogen-bond donors (Lipinski definition) is 1. The van der Waals surface area contributed by atoms with Gasteiger partial charge in [-0.25, -0.2) is 0 Å². The van der Waals surface area contributed by atoms with E-state index in [4.69, 9.17) is 5.73 Å². The highest BCUT2D eigenvalue weighted by Gasteiger charge is 2.08. The zero-order valence-corrected chi connectivity index (χ0v) is 11.6. The maximum atomic E-state index is 5.61. The quantitative estimate of drug-likeness (QED) is 0.613. The molecule has 0 fully saturated rings. The Labute approximate surface area is 102 Å². The Kier molecular flexibility index (Phi) is 8.58. The van der Waals surface area contributed by atoms with Gasteiger partial charge in [0.15, 0.2) is 0 Å². The monoisotopic (exact) mass is 226 g/mol. The topological polar surface area (TPSA) is 29.3 Å². The summed E-state index contributed by atoms with van der Waals surface area (Å²) in [4.78, 5) is 2.50. The van der Waals surface area contributed by atoms with Gasteiger partial charge in [0.2, 0.25) is 0 Å². The van der Waals surface area contributed by atoms with Gasteiger partial charge in [-0.2, -0.15) is 0 Å². The minimum atomic E-state index is 0.611. The lowest BCUT2D eigenvalue weighted by molar-refractivity contribution is 0.261. The van der Waals surface area contributed by atoms with E-state index >= 15 is 0 Å². The van der Waals surface area contributed by atoms with Crippen LogP contribution in [0.5, 0.6) is 0 Å². The average Bonchev–Trinajstić information content (AvgIpc) is 2.21. The van der Waals surface area contributed by atoms with Gasteiger partial charge >= 0.3 is 0 Å². The maximum absolute atomic E-state index is 5.61. The van der Waals surface area contributed by atoms with Gasteiger partial charge in [0.1, 0.15) is 0 Å². The van der Waals surface area contributed by atoms with Crippen molar-refractivity contribution in [1.29, 1.82) is 0 Å². The van der Waals surface area contributed by atoms with Gasteiger partial charge in [0, 0.05) is 13.1 Å². The molecule has 2 nitrogen and oxygen atoms in total. The van der Waals surface area contributed by atoms with E-state index in [9.17, 15) is 0 Å². The third kappa shape index (κ3) is 8.93. The summed E-state index contributed by atoms with van der Waals surface area (Å²) < 4.78 is 0. The van der Waals surface area contributed by atoms with Crippen LogP contribution in [-0.4, -0.2) is 31.1 Å². The molecular formula is C14H30N2. The fourth-order valence-electron chi connectivity index (χ4n) is 1.53. The lowest BCUT2D eigenvalue weighted by Crippen LogP contribution is -2.31. The van der Waals surface area contributed by atoms with Crippen LogP contribution in [-0.2, 0) is 0 Å². The highest BCUT2D eigenvalue weighted by Crippen LogP contribution is 2.07. The second-order valence-corrected chi connectivity index (χ2v) is 5.60. The molecule has 0 heterocycles. The van der Waals surface area contributed by atoms with E-state index in [1.165, 1.54) is 25.9 Å². The Hall–Kier alpha value is -0.340. The number of nitrogens with two attached hydrogens (primary N) is 1. The molecule has 0 rings (SSSR count). The molecule has 2 heteroatoms. The highest BCUT2D eigenvalue weighted by atomic mass is 15.1. The largest absolute Gasteiger partial charge is 0.327 e. The highest BCUT2D eigenvalue weighted by molar-refractivity contribution is 4.98. The third-order valence-electron chi connectivity index (χ3n) is 2.78. The summed E-state index contributed by atoms with van der Waals surface area (Å²) in [5.74, 6) is 1.54. The van der Waals surface area contributed by atoms with Crippen molar-refractivity contribution in [3.63, 3.8) is 0 Å². The van der Waals surface area contributed by atoms with Crippen LogP contribution >= 0.6 is 0 Å². The van der Waals surface area contributed by atoms with E-state index in [2.05, 4.69) is 39.2 Å². The first-order valence-electron chi connectivity index (χ1n) is 6.54. The summed E-state index contributed by atoms with van der Waals surface area (Å²) in [6, 6.07) is 0. The molecule has 96 valence electrons. The number of nitrogens with zero attached hydrogens (tertiary/aromatic N) is 1. The average molecular weight is 226 g/mol. The van der Waals surface area contributed by atoms with Gasteiger partial charge in [0.05, 0.1) is 0 Å². The molecule has 0 radical (unpaired) electrons. The Bertz CT molecular complexity index is 173. The normalized spacial score (nSPS) is 11.8. The molecule has 16 heavy (non-hydrogen) atoms. The second-order valence-electron chi connectivity index (χ2n) is 5.60. The molecule has 0 aromatic rings. The molecule has 0 amide bonds. The molecule has 0 aliphatic heterocycles. The van der Waals surface area contributed by atoms with E-state index < -0.39 is 0 Å². The van der Waals surface area contributed by atoms with Gasteiger partial charge in [-0.05, 0) is 43.3 Å². The first-order chi connectivity index (χ1) is 7.45. The minimum absolute atomic E-state index is 0.611. The predicted molar refractivity (Wildman–Crippen MR) is 73.5 cm³/mol. The Morgan fingerprint density at radius 3 is 1.81 bits per heavy atom. The van der Waals surface area contributed by atoms with Crippen molar-refractivity contribution in [2.24, 2.45) is 17.6 Å². The van der Waals surface area contributed by atoms with Crippen LogP contribution in [0, 0.1) is 11.8 Å². The van der Waals surface area contributed by atoms with E-state index in [0.29, 0.717) is 6.54 Å². The van der Waals surface area contributed by atoms with Gasteiger partial charge in [-0.3, -0.25) is 4.90 Å². The Morgan fingerprint density at radius 1 is 1.06 bits per heavy atom. The smallest absolute Gasteiger partial charge is 0.0202 e. The van der Waals surface area contributed by atoms with Crippen LogP contribution < -0.4 is 5.73 Å². The Balaban J connectivity index is 3.99. The molecule has 0 saturated carbocycles. The minimum Gasteiger partial charge on any atom is -0.327 e. The van der Waals surface area contributed by atoms with E-state index in [-0.39, 0.29) is 0 Å². The second kappa shape index (κ2) is 8.77. The van der Waals surface area contributed by atoms with Crippen molar-refractivity contribution in [1.82, 2.24) is 4.90 Å². The fourth-order valence-corrected chi connectivity index (χ4v) is 1.53. The lowest BCUT2D eigenvalue weighted by Gasteiger charge is -2.24. The summed E-state index contributed by atoms with van der Waals surface area (Å²) in [6.07, 6.45) is 2.52. The first kappa shape index (κ1) is 15.7. The van der Waals surface area contributed by atoms with Crippen LogP contribution in [0.4, 0.5) is 0 Å². The first-order valence-corrected chi connectivity index (χ1v) is 6.54. The SMILES string of the molecule is C=C(CN)CN(CCC(C)C)CCC(C)C. The third-order valence-corrected chi connectivity index (χ3v) is 2.78. The molecule has 0 unspecified atom stereocenters. The fraction of sp³-hybridized carbons (Fsp3) is 0.857. The van der Waals surface area contributed by atoms with Gasteiger partial charge in [-0.1, -0.05) is 34.3 Å². The van der Waals surface area contributed by atoms with Crippen molar-refractivity contribution >= 4 is 0 Å². The van der Waals surface area contributed by atoms with Crippen molar-refractivity contribution in [2.75, 3.05) is 26.2 Å². The van der Waals surface area contributed by atoms with Crippen molar-refractivity contribution in [2.45, 2.75) is 40.5 Å². The lowest BCUT2D eigenvalue weighted by atomic mass is 10.1. The zero-order chi connectivity index (χ0) is 12.6. The summed E-state index contributed by atoms with van der Waals surface area (Å²) >= 11 is 0. The van der Waals surface area contributed by atoms with Crippen LogP contribution in [0.15, 0.2) is 12.2 Å². The summed E-state index contributed by atoms with van der Waals surface area (Å²) in [7, 11) is 0. The molecule has 0 bridgehead atoms. The van der Waals surface area contributed by atoms with Crippen LogP contribution in [0.3, 0.4) is 0 Å². The molecule has 0 aromatic heterocycles. The summed E-state index contributed by atoms with van der Waals surface area (Å²) in [5.41, 5.74) is 6.75. The molecule has 0 aliphatic carbocycles. The van der Waals surface area contributed by atoms with Gasteiger partial charge in [-0.15, -0.1) is 0 Å². The molecule has 0 spiro atoms. The molecule has 0 saturated heterocycles. The molecular weight excluding hydrogens is 196 g/mol. The Morgan fingerprint density at radius 2 is 1.50 bits per heavy atom. The van der Waals surface area contributed by atoms with Crippen LogP contribution in [0.25, 0.3) is 0 Å². The number of hydrogen-bond acceptors (Lipinski definition) is 2. The maximum Gasteiger partial charge on any atom is 0.0202 e. The van der Waals surface area contributed by atoms with Crippen LogP contribution in [0.1, 0.15) is 40.5 Å². The van der Waals surface area contributed by atoms with Crippen LogP contribution in [0.2, 0.25) is 0 Å². The molecule has 2 N–H and O–H groups in total. The molecule has 0 atom stereocenters.